The van der Waals surface area contributed by atoms with Gasteiger partial charge in [-0.25, -0.2) is 0 Å². The zero-order valence-corrected chi connectivity index (χ0v) is 14.5. The lowest BCUT2D eigenvalue weighted by atomic mass is 10.0. The first kappa shape index (κ1) is 17.9. The van der Waals surface area contributed by atoms with Crippen LogP contribution in [0.15, 0.2) is 18.2 Å². The number of carbonyl (C=O) groups excluding carboxylic acids is 1. The average molecular weight is 319 g/mol. The van der Waals surface area contributed by atoms with Crippen LogP contribution >= 0.6 is 0 Å². The number of rotatable bonds is 6. The molecule has 5 heteroatoms. The fourth-order valence-electron chi connectivity index (χ4n) is 2.92. The van der Waals surface area contributed by atoms with E-state index in [0.717, 1.165) is 38.3 Å². The molecule has 1 aliphatic heterocycles. The van der Waals surface area contributed by atoms with Gasteiger partial charge in [0.2, 0.25) is 5.91 Å². The number of carbonyl (C=O) groups is 1. The summed E-state index contributed by atoms with van der Waals surface area (Å²) in [6.07, 6.45) is 0. The molecule has 128 valence electrons. The number of piperazine rings is 1. The van der Waals surface area contributed by atoms with E-state index in [1.165, 1.54) is 11.1 Å². The van der Waals surface area contributed by atoms with Crippen LogP contribution in [-0.4, -0.2) is 66.7 Å². The zero-order chi connectivity index (χ0) is 16.8. The summed E-state index contributed by atoms with van der Waals surface area (Å²) in [5.41, 5.74) is 3.67. The van der Waals surface area contributed by atoms with Crippen molar-refractivity contribution in [2.24, 2.45) is 0 Å². The van der Waals surface area contributed by atoms with E-state index in [1.807, 2.05) is 6.92 Å². The Morgan fingerprint density at radius 3 is 2.43 bits per heavy atom. The quantitative estimate of drug-likeness (QED) is 0.824. The van der Waals surface area contributed by atoms with Crippen LogP contribution in [0.1, 0.15) is 29.7 Å². The van der Waals surface area contributed by atoms with Gasteiger partial charge in [0.05, 0.1) is 19.2 Å². The maximum Gasteiger partial charge on any atom is 0.234 e. The van der Waals surface area contributed by atoms with Crippen molar-refractivity contribution >= 4 is 5.91 Å². The van der Waals surface area contributed by atoms with Gasteiger partial charge in [-0.1, -0.05) is 18.2 Å². The number of benzene rings is 1. The van der Waals surface area contributed by atoms with Crippen LogP contribution in [-0.2, 0) is 4.79 Å². The highest BCUT2D eigenvalue weighted by molar-refractivity contribution is 5.78. The van der Waals surface area contributed by atoms with Crippen molar-refractivity contribution in [1.29, 1.82) is 0 Å². The summed E-state index contributed by atoms with van der Waals surface area (Å²) in [6, 6.07) is 6.36. The molecule has 5 nitrogen and oxygen atoms in total. The normalized spacial score (nSPS) is 17.9. The third-order valence-electron chi connectivity index (χ3n) is 4.66. The molecule has 0 saturated carbocycles. The Hall–Kier alpha value is -1.43. The van der Waals surface area contributed by atoms with Crippen molar-refractivity contribution in [3.05, 3.63) is 34.9 Å². The van der Waals surface area contributed by atoms with Crippen LogP contribution in [0.25, 0.3) is 0 Å². The van der Waals surface area contributed by atoms with Gasteiger partial charge in [0, 0.05) is 32.7 Å². The molecule has 0 aliphatic carbocycles. The third kappa shape index (κ3) is 5.30. The maximum absolute atomic E-state index is 12.2. The first-order valence-electron chi connectivity index (χ1n) is 8.41. The number of β-amino-alcohol motifs (C(OH)–C–C–N with tert-alkyl or cyclic N) is 1. The molecule has 1 fully saturated rings. The van der Waals surface area contributed by atoms with Crippen LogP contribution in [0.5, 0.6) is 0 Å². The molecule has 23 heavy (non-hydrogen) atoms. The van der Waals surface area contributed by atoms with Crippen LogP contribution in [0.4, 0.5) is 0 Å². The van der Waals surface area contributed by atoms with Gasteiger partial charge in [0.15, 0.2) is 0 Å². The van der Waals surface area contributed by atoms with Gasteiger partial charge in [-0.05, 0) is 37.5 Å². The molecular weight excluding hydrogens is 290 g/mol. The Labute approximate surface area is 139 Å². The van der Waals surface area contributed by atoms with Gasteiger partial charge in [-0.3, -0.25) is 14.6 Å². The van der Waals surface area contributed by atoms with E-state index >= 15 is 0 Å². The minimum Gasteiger partial charge on any atom is -0.395 e. The molecule has 1 amide bonds. The minimum atomic E-state index is 0.0254. The minimum absolute atomic E-state index is 0.0254. The van der Waals surface area contributed by atoms with E-state index in [4.69, 9.17) is 5.11 Å². The molecule has 1 saturated heterocycles. The molecule has 0 radical (unpaired) electrons. The highest BCUT2D eigenvalue weighted by atomic mass is 16.3. The van der Waals surface area contributed by atoms with E-state index < -0.39 is 0 Å². The van der Waals surface area contributed by atoms with E-state index in [0.29, 0.717) is 6.54 Å². The van der Waals surface area contributed by atoms with Gasteiger partial charge in [0.1, 0.15) is 0 Å². The largest absolute Gasteiger partial charge is 0.395 e. The van der Waals surface area contributed by atoms with Crippen molar-refractivity contribution in [3.63, 3.8) is 0 Å². The van der Waals surface area contributed by atoms with Crippen molar-refractivity contribution in [1.82, 2.24) is 15.1 Å². The Balaban J connectivity index is 1.79. The second-order valence-corrected chi connectivity index (χ2v) is 6.47. The number of hydrogen-bond acceptors (Lipinski definition) is 4. The molecule has 1 aromatic carbocycles. The van der Waals surface area contributed by atoms with Crippen molar-refractivity contribution in [2.45, 2.75) is 26.8 Å². The number of amides is 1. The molecule has 0 spiro atoms. The second-order valence-electron chi connectivity index (χ2n) is 6.47. The number of nitrogens with one attached hydrogen (secondary N) is 1. The van der Waals surface area contributed by atoms with Crippen LogP contribution in [0, 0.1) is 13.8 Å². The molecule has 1 heterocycles. The summed E-state index contributed by atoms with van der Waals surface area (Å²) in [7, 11) is 0. The molecule has 0 aromatic heterocycles. The standard InChI is InChI=1S/C18H29N3O2/c1-14-4-5-17(12-15(14)2)16(3)19-18(23)13-21-8-6-20(7-9-21)10-11-22/h4-5,12,16,22H,6-11,13H2,1-3H3,(H,19,23)/t16-/m0/s1. The Morgan fingerprint density at radius 1 is 1.17 bits per heavy atom. The van der Waals surface area contributed by atoms with Crippen molar-refractivity contribution < 1.29 is 9.90 Å². The molecule has 0 bridgehead atoms. The van der Waals surface area contributed by atoms with Crippen molar-refractivity contribution in [2.75, 3.05) is 45.9 Å². The predicted octanol–water partition coefficient (Wildman–Crippen LogP) is 1.09. The molecule has 1 atom stereocenters. The van der Waals surface area contributed by atoms with Crippen molar-refractivity contribution in [3.8, 4) is 0 Å². The summed E-state index contributed by atoms with van der Waals surface area (Å²) in [5.74, 6) is 0.0753. The number of nitrogens with zero attached hydrogens (tertiary/aromatic N) is 2. The summed E-state index contributed by atoms with van der Waals surface area (Å²) in [4.78, 5) is 16.7. The lowest BCUT2D eigenvalue weighted by Crippen LogP contribution is -2.50. The topological polar surface area (TPSA) is 55.8 Å². The highest BCUT2D eigenvalue weighted by Crippen LogP contribution is 2.16. The lowest BCUT2D eigenvalue weighted by Gasteiger charge is -2.34. The summed E-state index contributed by atoms with van der Waals surface area (Å²) >= 11 is 0. The van der Waals surface area contributed by atoms with Gasteiger partial charge in [-0.15, -0.1) is 0 Å². The van der Waals surface area contributed by atoms with E-state index in [2.05, 4.69) is 47.2 Å². The van der Waals surface area contributed by atoms with Crippen LogP contribution < -0.4 is 5.32 Å². The van der Waals surface area contributed by atoms with E-state index in [-0.39, 0.29) is 18.6 Å². The molecule has 2 N–H and O–H groups in total. The molecule has 2 rings (SSSR count). The van der Waals surface area contributed by atoms with E-state index in [9.17, 15) is 4.79 Å². The van der Waals surface area contributed by atoms with Gasteiger partial charge < -0.3 is 10.4 Å². The highest BCUT2D eigenvalue weighted by Gasteiger charge is 2.19. The van der Waals surface area contributed by atoms with Gasteiger partial charge in [0.25, 0.3) is 0 Å². The average Bonchev–Trinajstić information content (AvgIpc) is 2.52. The van der Waals surface area contributed by atoms with Crippen LogP contribution in [0.3, 0.4) is 0 Å². The van der Waals surface area contributed by atoms with Gasteiger partial charge >= 0.3 is 0 Å². The predicted molar refractivity (Wildman–Crippen MR) is 92.4 cm³/mol. The number of aliphatic hydroxyl groups is 1. The fraction of sp³-hybridized carbons (Fsp3) is 0.611. The third-order valence-corrected chi connectivity index (χ3v) is 4.66. The van der Waals surface area contributed by atoms with Gasteiger partial charge in [-0.2, -0.15) is 0 Å². The number of aryl methyl sites for hydroxylation is 2. The first-order chi connectivity index (χ1) is 11.0. The monoisotopic (exact) mass is 319 g/mol. The number of hydrogen-bond donors (Lipinski definition) is 2. The Morgan fingerprint density at radius 2 is 1.83 bits per heavy atom. The lowest BCUT2D eigenvalue weighted by molar-refractivity contribution is -0.123. The SMILES string of the molecule is Cc1ccc([C@H](C)NC(=O)CN2CCN(CCO)CC2)cc1C. The summed E-state index contributed by atoms with van der Waals surface area (Å²) in [5, 5.41) is 12.0. The molecule has 1 aliphatic rings. The second kappa shape index (κ2) is 8.43. The fourth-order valence-corrected chi connectivity index (χ4v) is 2.92. The Kier molecular flexibility index (Phi) is 6.57. The first-order valence-corrected chi connectivity index (χ1v) is 8.41. The molecular formula is C18H29N3O2. The van der Waals surface area contributed by atoms with Crippen LogP contribution in [0.2, 0.25) is 0 Å². The summed E-state index contributed by atoms with van der Waals surface area (Å²) < 4.78 is 0. The smallest absolute Gasteiger partial charge is 0.234 e. The maximum atomic E-state index is 12.2. The molecule has 0 unspecified atom stereocenters. The molecule has 1 aromatic rings. The zero-order valence-electron chi connectivity index (χ0n) is 14.5. The Bertz CT molecular complexity index is 525. The number of aliphatic hydroxyl groups excluding tert-OH is 1. The summed E-state index contributed by atoms with van der Waals surface area (Å²) in [6.45, 7) is 11.2. The van der Waals surface area contributed by atoms with E-state index in [1.54, 1.807) is 0 Å².